The topological polar surface area (TPSA) is 93.4 Å². The Morgan fingerprint density at radius 1 is 1.00 bits per heavy atom. The third-order valence-corrected chi connectivity index (χ3v) is 5.34. The highest BCUT2D eigenvalue weighted by molar-refractivity contribution is 7.98. The van der Waals surface area contributed by atoms with Gasteiger partial charge in [0.25, 0.3) is 0 Å². The van der Waals surface area contributed by atoms with E-state index < -0.39 is 0 Å². The van der Waals surface area contributed by atoms with Crippen LogP contribution >= 0.6 is 11.8 Å². The van der Waals surface area contributed by atoms with Crippen molar-refractivity contribution in [1.82, 2.24) is 30.3 Å². The second-order valence-electron chi connectivity index (χ2n) is 6.31. The van der Waals surface area contributed by atoms with Gasteiger partial charge in [0.05, 0.1) is 5.75 Å². The summed E-state index contributed by atoms with van der Waals surface area (Å²) in [4.78, 5) is 12.3. The molecule has 0 aliphatic heterocycles. The Kier molecular flexibility index (Phi) is 4.25. The number of aryl methyl sites for hydroxylation is 1. The van der Waals surface area contributed by atoms with Crippen molar-refractivity contribution in [3.63, 3.8) is 0 Å². The van der Waals surface area contributed by atoms with Gasteiger partial charge in [0, 0.05) is 16.5 Å². The van der Waals surface area contributed by atoms with Gasteiger partial charge >= 0.3 is 0 Å². The third-order valence-electron chi connectivity index (χ3n) is 4.52. The van der Waals surface area contributed by atoms with Crippen molar-refractivity contribution in [2.75, 3.05) is 0 Å². The number of hydrogen-bond acceptors (Lipinski definition) is 7. The summed E-state index contributed by atoms with van der Waals surface area (Å²) in [6.07, 6.45) is 1.00. The summed E-state index contributed by atoms with van der Waals surface area (Å²) in [6.45, 7) is 2.13. The zero-order valence-corrected chi connectivity index (χ0v) is 15.9. The van der Waals surface area contributed by atoms with Crippen LogP contribution in [0.1, 0.15) is 18.4 Å². The molecule has 0 unspecified atom stereocenters. The minimum Gasteiger partial charge on any atom is -0.338 e. The molecule has 3 aromatic heterocycles. The van der Waals surface area contributed by atoms with E-state index in [0.29, 0.717) is 22.6 Å². The molecule has 0 aliphatic rings. The number of benzene rings is 2. The third kappa shape index (κ3) is 3.11. The van der Waals surface area contributed by atoms with Gasteiger partial charge in [0.15, 0.2) is 5.65 Å². The Morgan fingerprint density at radius 2 is 1.86 bits per heavy atom. The fourth-order valence-electron chi connectivity index (χ4n) is 3.01. The van der Waals surface area contributed by atoms with Gasteiger partial charge in [-0.2, -0.15) is 4.98 Å². The number of aromatic nitrogens is 6. The van der Waals surface area contributed by atoms with Crippen LogP contribution in [-0.4, -0.2) is 30.3 Å². The average molecular weight is 388 g/mol. The number of para-hydroxylation sites is 1. The van der Waals surface area contributed by atoms with Gasteiger partial charge in [0.2, 0.25) is 16.9 Å². The van der Waals surface area contributed by atoms with Gasteiger partial charge < -0.3 is 9.51 Å². The van der Waals surface area contributed by atoms with Crippen LogP contribution in [0.5, 0.6) is 0 Å². The minimum absolute atomic E-state index is 0.480. The van der Waals surface area contributed by atoms with Gasteiger partial charge in [-0.15, -0.1) is 10.2 Å². The summed E-state index contributed by atoms with van der Waals surface area (Å²) in [5, 5.41) is 14.2. The number of aromatic amines is 1. The summed E-state index contributed by atoms with van der Waals surface area (Å²) in [7, 11) is 0. The van der Waals surface area contributed by atoms with Gasteiger partial charge in [-0.25, -0.2) is 4.98 Å². The van der Waals surface area contributed by atoms with Gasteiger partial charge in [-0.3, -0.25) is 0 Å². The first kappa shape index (κ1) is 16.9. The van der Waals surface area contributed by atoms with Crippen LogP contribution in [-0.2, 0) is 12.2 Å². The standard InChI is InChI=1S/C20H16N6OS/c1-2-12-7-9-13(10-8-12)18-22-16(27-26-18)11-28-20-23-19-17(24-25-20)14-5-3-4-6-15(14)21-19/h3-10H,2,11H2,1H3,(H,21,23,25). The summed E-state index contributed by atoms with van der Waals surface area (Å²) in [5.41, 5.74) is 4.71. The molecule has 0 aliphatic carbocycles. The molecule has 5 aromatic rings. The average Bonchev–Trinajstić information content (AvgIpc) is 3.36. The first-order valence-corrected chi connectivity index (χ1v) is 9.94. The molecule has 138 valence electrons. The predicted octanol–water partition coefficient (Wildman–Crippen LogP) is 4.41. The molecule has 8 heteroatoms. The van der Waals surface area contributed by atoms with Crippen molar-refractivity contribution in [3.8, 4) is 11.4 Å². The quantitative estimate of drug-likeness (QED) is 0.446. The molecule has 0 amide bonds. The maximum Gasteiger partial charge on any atom is 0.237 e. The largest absolute Gasteiger partial charge is 0.338 e. The first-order valence-electron chi connectivity index (χ1n) is 8.96. The molecule has 0 bridgehead atoms. The zero-order chi connectivity index (χ0) is 18.9. The van der Waals surface area contributed by atoms with Crippen molar-refractivity contribution in [3.05, 3.63) is 60.0 Å². The lowest BCUT2D eigenvalue weighted by atomic mass is 10.1. The lowest BCUT2D eigenvalue weighted by Gasteiger charge is -1.97. The Bertz CT molecular complexity index is 1260. The lowest BCUT2D eigenvalue weighted by Crippen LogP contribution is -1.92. The summed E-state index contributed by atoms with van der Waals surface area (Å²) in [6, 6.07) is 16.1. The smallest absolute Gasteiger partial charge is 0.237 e. The fourth-order valence-corrected chi connectivity index (χ4v) is 3.64. The zero-order valence-electron chi connectivity index (χ0n) is 15.1. The van der Waals surface area contributed by atoms with Crippen LogP contribution < -0.4 is 0 Å². The normalized spacial score (nSPS) is 11.5. The van der Waals surface area contributed by atoms with Crippen LogP contribution in [0.2, 0.25) is 0 Å². The number of nitrogens with one attached hydrogen (secondary N) is 1. The molecule has 7 nitrogen and oxygen atoms in total. The maximum absolute atomic E-state index is 5.37. The molecule has 0 spiro atoms. The SMILES string of the molecule is CCc1ccc(-c2noc(CSc3nnc4c(n3)[nH]c3ccccc34)n2)cc1. The van der Waals surface area contributed by atoms with Crippen molar-refractivity contribution in [2.45, 2.75) is 24.3 Å². The van der Waals surface area contributed by atoms with E-state index in [2.05, 4.69) is 49.4 Å². The van der Waals surface area contributed by atoms with Crippen LogP contribution in [0, 0.1) is 0 Å². The summed E-state index contributed by atoms with van der Waals surface area (Å²) >= 11 is 1.41. The molecule has 0 saturated carbocycles. The van der Waals surface area contributed by atoms with E-state index in [4.69, 9.17) is 4.52 Å². The van der Waals surface area contributed by atoms with Crippen LogP contribution in [0.15, 0.2) is 58.2 Å². The molecular weight excluding hydrogens is 372 g/mol. The molecule has 0 fully saturated rings. The molecule has 5 rings (SSSR count). The van der Waals surface area contributed by atoms with Crippen LogP contribution in [0.4, 0.5) is 0 Å². The molecule has 0 atom stereocenters. The second-order valence-corrected chi connectivity index (χ2v) is 7.26. The molecule has 0 radical (unpaired) electrons. The highest BCUT2D eigenvalue weighted by atomic mass is 32.2. The Hall–Kier alpha value is -3.26. The number of thioether (sulfide) groups is 1. The van der Waals surface area contributed by atoms with Crippen molar-refractivity contribution < 1.29 is 4.52 Å². The van der Waals surface area contributed by atoms with E-state index in [1.54, 1.807) is 0 Å². The number of fused-ring (bicyclic) bond motifs is 3. The maximum atomic E-state index is 5.37. The Balaban J connectivity index is 1.33. The summed E-state index contributed by atoms with van der Waals surface area (Å²) < 4.78 is 5.37. The van der Waals surface area contributed by atoms with Crippen molar-refractivity contribution in [2.24, 2.45) is 0 Å². The molecule has 2 aromatic carbocycles. The number of nitrogens with zero attached hydrogens (tertiary/aromatic N) is 5. The van der Waals surface area contributed by atoms with E-state index in [1.165, 1.54) is 17.3 Å². The minimum atomic E-state index is 0.480. The van der Waals surface area contributed by atoms with E-state index >= 15 is 0 Å². The number of H-pyrrole nitrogens is 1. The summed E-state index contributed by atoms with van der Waals surface area (Å²) in [5.74, 6) is 1.59. The molecule has 1 N–H and O–H groups in total. The van der Waals surface area contributed by atoms with E-state index in [9.17, 15) is 0 Å². The highest BCUT2D eigenvalue weighted by Crippen LogP contribution is 2.25. The molecule has 3 heterocycles. The number of hydrogen-bond donors (Lipinski definition) is 1. The van der Waals surface area contributed by atoms with Crippen molar-refractivity contribution >= 4 is 33.8 Å². The van der Waals surface area contributed by atoms with E-state index in [1.807, 2.05) is 36.4 Å². The fraction of sp³-hybridized carbons (Fsp3) is 0.150. The van der Waals surface area contributed by atoms with Crippen LogP contribution in [0.3, 0.4) is 0 Å². The number of rotatable bonds is 5. The first-order chi connectivity index (χ1) is 13.8. The van der Waals surface area contributed by atoms with Crippen LogP contribution in [0.25, 0.3) is 33.5 Å². The highest BCUT2D eigenvalue weighted by Gasteiger charge is 2.12. The lowest BCUT2D eigenvalue weighted by molar-refractivity contribution is 0.391. The van der Waals surface area contributed by atoms with Crippen molar-refractivity contribution in [1.29, 1.82) is 0 Å². The molecular formula is C20H16N6OS. The van der Waals surface area contributed by atoms with Gasteiger partial charge in [0.1, 0.15) is 5.52 Å². The Labute approximate surface area is 164 Å². The molecule has 28 heavy (non-hydrogen) atoms. The van der Waals surface area contributed by atoms with Gasteiger partial charge in [-0.1, -0.05) is 66.3 Å². The molecule has 0 saturated heterocycles. The monoisotopic (exact) mass is 388 g/mol. The Morgan fingerprint density at radius 3 is 2.71 bits per heavy atom. The predicted molar refractivity (Wildman–Crippen MR) is 108 cm³/mol. The second kappa shape index (κ2) is 7.05. The van der Waals surface area contributed by atoms with E-state index in [0.717, 1.165) is 34.1 Å². The van der Waals surface area contributed by atoms with Gasteiger partial charge in [-0.05, 0) is 18.1 Å². The van der Waals surface area contributed by atoms with E-state index in [-0.39, 0.29) is 0 Å².